The second-order valence-corrected chi connectivity index (χ2v) is 10.1. The molecule has 0 bridgehead atoms. The molecule has 1 aromatic carbocycles. The van der Waals surface area contributed by atoms with Crippen molar-refractivity contribution in [2.75, 3.05) is 52.1 Å². The maximum Gasteiger partial charge on any atom is 0.211 e. The number of ether oxygens (including phenoxy) is 1. The van der Waals surface area contributed by atoms with Crippen molar-refractivity contribution in [3.8, 4) is 5.75 Å². The van der Waals surface area contributed by atoms with Gasteiger partial charge in [0.05, 0.1) is 12.9 Å². The summed E-state index contributed by atoms with van der Waals surface area (Å²) in [7, 11) is -3.04. The molecule has 2 saturated heterocycles. The second-order valence-electron chi connectivity index (χ2n) is 8.11. The van der Waals surface area contributed by atoms with E-state index >= 15 is 0 Å². The molecule has 2 fully saturated rings. The molecule has 3 aliphatic heterocycles. The Morgan fingerprint density at radius 3 is 2.44 bits per heavy atom. The van der Waals surface area contributed by atoms with Gasteiger partial charge in [0.15, 0.2) is 0 Å². The monoisotopic (exact) mass is 393 g/mol. The third-order valence-electron chi connectivity index (χ3n) is 6.51. The molecule has 0 radical (unpaired) electrons. The van der Waals surface area contributed by atoms with Crippen molar-refractivity contribution >= 4 is 10.0 Å². The smallest absolute Gasteiger partial charge is 0.211 e. The zero-order valence-corrected chi connectivity index (χ0v) is 17.2. The molecule has 1 atom stereocenters. The fourth-order valence-electron chi connectivity index (χ4n) is 4.68. The normalized spacial score (nSPS) is 24.5. The molecular formula is C20H31N3O3S. The predicted molar refractivity (Wildman–Crippen MR) is 107 cm³/mol. The SMILES string of the molecule is CC(c1ccc2c(c1)OCC2)N1CCN(C2CCN(S(C)(=O)=O)CC2)CC1. The Kier molecular flexibility index (Phi) is 5.47. The minimum atomic E-state index is -3.04. The van der Waals surface area contributed by atoms with Gasteiger partial charge in [-0.3, -0.25) is 9.80 Å². The molecule has 0 aromatic heterocycles. The Morgan fingerprint density at radius 1 is 1.07 bits per heavy atom. The fourth-order valence-corrected chi connectivity index (χ4v) is 5.56. The molecule has 3 aliphatic rings. The molecule has 0 saturated carbocycles. The summed E-state index contributed by atoms with van der Waals surface area (Å²) in [5, 5.41) is 0. The highest BCUT2D eigenvalue weighted by Gasteiger charge is 2.31. The van der Waals surface area contributed by atoms with Crippen molar-refractivity contribution in [2.24, 2.45) is 0 Å². The average molecular weight is 394 g/mol. The molecule has 27 heavy (non-hydrogen) atoms. The summed E-state index contributed by atoms with van der Waals surface area (Å²) in [5.41, 5.74) is 2.67. The first-order chi connectivity index (χ1) is 12.9. The van der Waals surface area contributed by atoms with Gasteiger partial charge in [-0.05, 0) is 37.0 Å². The molecule has 0 spiro atoms. The van der Waals surface area contributed by atoms with Crippen LogP contribution < -0.4 is 4.74 Å². The van der Waals surface area contributed by atoms with Gasteiger partial charge in [-0.15, -0.1) is 0 Å². The number of hydrogen-bond acceptors (Lipinski definition) is 5. The summed E-state index contributed by atoms with van der Waals surface area (Å²) in [6.45, 7) is 8.67. The Labute approximate surface area is 163 Å². The fraction of sp³-hybridized carbons (Fsp3) is 0.700. The van der Waals surface area contributed by atoms with Crippen LogP contribution in [0.25, 0.3) is 0 Å². The minimum Gasteiger partial charge on any atom is -0.493 e. The third kappa shape index (κ3) is 4.16. The zero-order chi connectivity index (χ0) is 19.0. The van der Waals surface area contributed by atoms with Crippen LogP contribution in [0.15, 0.2) is 18.2 Å². The first kappa shape index (κ1) is 19.2. The molecule has 1 unspecified atom stereocenters. The van der Waals surface area contributed by atoms with Crippen molar-refractivity contribution < 1.29 is 13.2 Å². The van der Waals surface area contributed by atoms with Crippen LogP contribution in [0.3, 0.4) is 0 Å². The van der Waals surface area contributed by atoms with Gasteiger partial charge in [0.1, 0.15) is 5.75 Å². The lowest BCUT2D eigenvalue weighted by Gasteiger charge is -2.43. The van der Waals surface area contributed by atoms with E-state index in [1.807, 2.05) is 0 Å². The Morgan fingerprint density at radius 2 is 1.78 bits per heavy atom. The van der Waals surface area contributed by atoms with E-state index in [0.29, 0.717) is 25.2 Å². The number of fused-ring (bicyclic) bond motifs is 1. The molecule has 0 N–H and O–H groups in total. The molecule has 0 aliphatic carbocycles. The molecule has 6 nitrogen and oxygen atoms in total. The summed E-state index contributed by atoms with van der Waals surface area (Å²) in [5.74, 6) is 1.07. The van der Waals surface area contributed by atoms with Gasteiger partial charge in [0, 0.05) is 57.8 Å². The van der Waals surface area contributed by atoms with Gasteiger partial charge in [-0.1, -0.05) is 12.1 Å². The van der Waals surface area contributed by atoms with Crippen molar-refractivity contribution in [3.05, 3.63) is 29.3 Å². The van der Waals surface area contributed by atoms with E-state index in [2.05, 4.69) is 34.9 Å². The lowest BCUT2D eigenvalue weighted by atomic mass is 10.0. The quantitative estimate of drug-likeness (QED) is 0.780. The number of nitrogens with zero attached hydrogens (tertiary/aromatic N) is 3. The maximum atomic E-state index is 11.7. The van der Waals surface area contributed by atoms with Gasteiger partial charge in [-0.25, -0.2) is 12.7 Å². The van der Waals surface area contributed by atoms with Gasteiger partial charge in [0.25, 0.3) is 0 Å². The van der Waals surface area contributed by atoms with Crippen molar-refractivity contribution in [1.82, 2.24) is 14.1 Å². The second kappa shape index (κ2) is 7.70. The molecule has 0 amide bonds. The summed E-state index contributed by atoms with van der Waals surface area (Å²) < 4.78 is 30.7. The largest absolute Gasteiger partial charge is 0.493 e. The van der Waals surface area contributed by atoms with E-state index in [4.69, 9.17) is 4.74 Å². The van der Waals surface area contributed by atoms with E-state index in [1.54, 1.807) is 4.31 Å². The topological polar surface area (TPSA) is 53.1 Å². The lowest BCUT2D eigenvalue weighted by molar-refractivity contribution is 0.0555. The first-order valence-electron chi connectivity index (χ1n) is 10.1. The van der Waals surface area contributed by atoms with E-state index in [1.165, 1.54) is 17.4 Å². The van der Waals surface area contributed by atoms with Gasteiger partial charge in [0.2, 0.25) is 10.0 Å². The van der Waals surface area contributed by atoms with Crippen LogP contribution in [0.1, 0.15) is 36.9 Å². The van der Waals surface area contributed by atoms with E-state index < -0.39 is 10.0 Å². The highest BCUT2D eigenvalue weighted by molar-refractivity contribution is 7.88. The van der Waals surface area contributed by atoms with Crippen LogP contribution in [-0.2, 0) is 16.4 Å². The number of hydrogen-bond donors (Lipinski definition) is 0. The number of benzene rings is 1. The molecule has 4 rings (SSSR count). The van der Waals surface area contributed by atoms with Crippen LogP contribution in [-0.4, -0.2) is 80.7 Å². The molecule has 1 aromatic rings. The predicted octanol–water partition coefficient (Wildman–Crippen LogP) is 1.72. The summed E-state index contributed by atoms with van der Waals surface area (Å²) in [4.78, 5) is 5.12. The zero-order valence-electron chi connectivity index (χ0n) is 16.4. The highest BCUT2D eigenvalue weighted by Crippen LogP contribution is 2.31. The minimum absolute atomic E-state index is 0.397. The first-order valence-corrected chi connectivity index (χ1v) is 12.0. The lowest BCUT2D eigenvalue weighted by Crippen LogP contribution is -2.53. The van der Waals surface area contributed by atoms with Crippen LogP contribution >= 0.6 is 0 Å². The third-order valence-corrected chi connectivity index (χ3v) is 7.81. The van der Waals surface area contributed by atoms with Crippen LogP contribution in [0.4, 0.5) is 0 Å². The van der Waals surface area contributed by atoms with E-state index in [-0.39, 0.29) is 0 Å². The molecule has 150 valence electrons. The molecule has 3 heterocycles. The van der Waals surface area contributed by atoms with Crippen molar-refractivity contribution in [1.29, 1.82) is 0 Å². The number of piperazine rings is 1. The highest BCUT2D eigenvalue weighted by atomic mass is 32.2. The van der Waals surface area contributed by atoms with Gasteiger partial charge >= 0.3 is 0 Å². The number of sulfonamides is 1. The Bertz CT molecular complexity index is 767. The molecular weight excluding hydrogens is 362 g/mol. The van der Waals surface area contributed by atoms with Crippen molar-refractivity contribution in [3.63, 3.8) is 0 Å². The molecule has 7 heteroatoms. The van der Waals surface area contributed by atoms with E-state index in [9.17, 15) is 8.42 Å². The van der Waals surface area contributed by atoms with E-state index in [0.717, 1.165) is 57.8 Å². The Hall–Kier alpha value is -1.15. The van der Waals surface area contributed by atoms with Crippen LogP contribution in [0.5, 0.6) is 5.75 Å². The summed E-state index contributed by atoms with van der Waals surface area (Å²) in [6, 6.07) is 7.62. The number of piperidine rings is 1. The van der Waals surface area contributed by atoms with Gasteiger partial charge in [-0.2, -0.15) is 0 Å². The van der Waals surface area contributed by atoms with Gasteiger partial charge < -0.3 is 4.74 Å². The maximum absolute atomic E-state index is 11.7. The standard InChI is InChI=1S/C20H31N3O3S/c1-16(18-4-3-17-7-14-26-20(17)15-18)21-10-12-22(13-11-21)19-5-8-23(9-6-19)27(2,24)25/h3-4,15-16,19H,5-14H2,1-2H3. The summed E-state index contributed by atoms with van der Waals surface area (Å²) >= 11 is 0. The number of rotatable bonds is 4. The summed E-state index contributed by atoms with van der Waals surface area (Å²) in [6.07, 6.45) is 4.24. The van der Waals surface area contributed by atoms with Crippen LogP contribution in [0, 0.1) is 0 Å². The average Bonchev–Trinajstić information content (AvgIpc) is 3.15. The van der Waals surface area contributed by atoms with Crippen molar-refractivity contribution in [2.45, 2.75) is 38.3 Å². The Balaban J connectivity index is 1.30. The van der Waals surface area contributed by atoms with Crippen LogP contribution in [0.2, 0.25) is 0 Å².